The van der Waals surface area contributed by atoms with Crippen LogP contribution in [0, 0.1) is 0 Å². The van der Waals surface area contributed by atoms with Crippen LogP contribution in [0.3, 0.4) is 0 Å². The third-order valence-corrected chi connectivity index (χ3v) is 6.13. The van der Waals surface area contributed by atoms with Crippen molar-refractivity contribution in [2.24, 2.45) is 0 Å². The molecule has 2 saturated heterocycles. The molecule has 142 valence electrons. The highest BCUT2D eigenvalue weighted by atomic mass is 35.5. The lowest BCUT2D eigenvalue weighted by Crippen LogP contribution is -2.50. The molecule has 26 heavy (non-hydrogen) atoms. The van der Waals surface area contributed by atoms with E-state index in [9.17, 15) is 4.79 Å². The van der Waals surface area contributed by atoms with Crippen LogP contribution in [0.2, 0.25) is 5.02 Å². The van der Waals surface area contributed by atoms with Crippen molar-refractivity contribution in [1.29, 1.82) is 0 Å². The molecule has 3 aliphatic rings. The Morgan fingerprint density at radius 3 is 2.35 bits per heavy atom. The molecule has 1 aromatic carbocycles. The summed E-state index contributed by atoms with van der Waals surface area (Å²) in [7, 11) is 0. The molecule has 0 bridgehead atoms. The van der Waals surface area contributed by atoms with Crippen LogP contribution in [0.5, 0.6) is 0 Å². The number of piperidine rings is 1. The zero-order chi connectivity index (χ0) is 18.0. The molecular weight excluding hydrogens is 352 g/mol. The van der Waals surface area contributed by atoms with Crippen molar-refractivity contribution in [2.75, 3.05) is 26.3 Å². The summed E-state index contributed by atoms with van der Waals surface area (Å²) in [4.78, 5) is 15.4. The van der Waals surface area contributed by atoms with Gasteiger partial charge in [-0.05, 0) is 30.5 Å². The van der Waals surface area contributed by atoms with E-state index < -0.39 is 5.79 Å². The lowest BCUT2D eigenvalue weighted by atomic mass is 9.97. The first-order valence-corrected chi connectivity index (χ1v) is 10.1. The molecule has 1 N–H and O–H groups in total. The highest BCUT2D eigenvalue weighted by Gasteiger charge is 2.42. The van der Waals surface area contributed by atoms with Crippen LogP contribution in [-0.2, 0) is 14.3 Å². The number of benzene rings is 1. The quantitative estimate of drug-likeness (QED) is 0.873. The van der Waals surface area contributed by atoms with Gasteiger partial charge in [0.05, 0.1) is 13.2 Å². The zero-order valence-corrected chi connectivity index (χ0v) is 15.8. The summed E-state index contributed by atoms with van der Waals surface area (Å²) in [5, 5.41) is 3.96. The lowest BCUT2D eigenvalue weighted by molar-refractivity contribution is -0.189. The van der Waals surface area contributed by atoms with Crippen LogP contribution >= 0.6 is 11.6 Å². The van der Waals surface area contributed by atoms with Gasteiger partial charge in [0.25, 0.3) is 0 Å². The minimum atomic E-state index is -0.428. The van der Waals surface area contributed by atoms with Gasteiger partial charge in [-0.3, -0.25) is 9.69 Å². The summed E-state index contributed by atoms with van der Waals surface area (Å²) in [6.07, 6.45) is 6.18. The summed E-state index contributed by atoms with van der Waals surface area (Å²) in [5.41, 5.74) is 0.995. The maximum Gasteiger partial charge on any atom is 0.242 e. The summed E-state index contributed by atoms with van der Waals surface area (Å²) in [5.74, 6) is -0.327. The number of rotatable bonds is 4. The van der Waals surface area contributed by atoms with E-state index in [1.807, 2.05) is 24.3 Å². The highest BCUT2D eigenvalue weighted by molar-refractivity contribution is 6.30. The number of amides is 1. The van der Waals surface area contributed by atoms with Crippen molar-refractivity contribution in [2.45, 2.75) is 56.4 Å². The Hall–Kier alpha value is -1.14. The van der Waals surface area contributed by atoms with Gasteiger partial charge in [-0.1, -0.05) is 36.6 Å². The molecule has 0 radical (unpaired) electrons. The molecule has 1 aliphatic carbocycles. The molecule has 1 aromatic rings. The molecule has 1 amide bonds. The van der Waals surface area contributed by atoms with Crippen LogP contribution in [0.15, 0.2) is 24.3 Å². The van der Waals surface area contributed by atoms with Crippen molar-refractivity contribution in [3.05, 3.63) is 34.9 Å². The SMILES string of the molecule is O=C(NC1CCCC1)C(c1ccc(Cl)cc1)N1CCC2(CC1)OCCO2. The summed E-state index contributed by atoms with van der Waals surface area (Å²) in [6.45, 7) is 2.91. The molecule has 3 fully saturated rings. The smallest absolute Gasteiger partial charge is 0.242 e. The second kappa shape index (κ2) is 7.85. The molecular formula is C20H27ClN2O3. The maximum atomic E-state index is 13.1. The Labute approximate surface area is 160 Å². The summed E-state index contributed by atoms with van der Waals surface area (Å²) in [6, 6.07) is 7.69. The number of hydrogen-bond donors (Lipinski definition) is 1. The molecule has 2 heterocycles. The zero-order valence-electron chi connectivity index (χ0n) is 15.1. The third-order valence-electron chi connectivity index (χ3n) is 5.87. The fraction of sp³-hybridized carbons (Fsp3) is 0.650. The summed E-state index contributed by atoms with van der Waals surface area (Å²) >= 11 is 6.05. The second-order valence-corrected chi connectivity index (χ2v) is 8.02. The van der Waals surface area contributed by atoms with Crippen LogP contribution in [0.1, 0.15) is 50.1 Å². The van der Waals surface area contributed by atoms with E-state index in [0.717, 1.165) is 44.3 Å². The first-order chi connectivity index (χ1) is 12.7. The van der Waals surface area contributed by atoms with E-state index in [-0.39, 0.29) is 11.9 Å². The average Bonchev–Trinajstić information content (AvgIpc) is 3.31. The van der Waals surface area contributed by atoms with Gasteiger partial charge in [0.2, 0.25) is 5.91 Å². The average molecular weight is 379 g/mol. The van der Waals surface area contributed by atoms with Gasteiger partial charge in [0.15, 0.2) is 5.79 Å². The Morgan fingerprint density at radius 2 is 1.73 bits per heavy atom. The molecule has 5 nitrogen and oxygen atoms in total. The van der Waals surface area contributed by atoms with Crippen molar-refractivity contribution in [1.82, 2.24) is 10.2 Å². The van der Waals surface area contributed by atoms with Gasteiger partial charge in [-0.25, -0.2) is 0 Å². The standard InChI is InChI=1S/C20H27ClN2O3/c21-16-7-5-15(6-8-16)18(19(24)22-17-3-1-2-4-17)23-11-9-20(10-12-23)25-13-14-26-20/h5-8,17-18H,1-4,9-14H2,(H,22,24). The van der Waals surface area contributed by atoms with Gasteiger partial charge in [-0.2, -0.15) is 0 Å². The maximum absolute atomic E-state index is 13.1. The van der Waals surface area contributed by atoms with Gasteiger partial charge in [-0.15, -0.1) is 0 Å². The number of nitrogens with zero attached hydrogens (tertiary/aromatic N) is 1. The Balaban J connectivity index is 1.50. The first-order valence-electron chi connectivity index (χ1n) is 9.73. The van der Waals surface area contributed by atoms with Crippen molar-refractivity contribution in [3.8, 4) is 0 Å². The van der Waals surface area contributed by atoms with Crippen LogP contribution < -0.4 is 5.32 Å². The van der Waals surface area contributed by atoms with E-state index in [2.05, 4.69) is 10.2 Å². The highest BCUT2D eigenvalue weighted by Crippen LogP contribution is 2.35. The fourth-order valence-electron chi connectivity index (χ4n) is 4.43. The van der Waals surface area contributed by atoms with Crippen molar-refractivity contribution < 1.29 is 14.3 Å². The minimum Gasteiger partial charge on any atom is -0.352 e. The predicted octanol–water partition coefficient (Wildman–Crippen LogP) is 3.28. The molecule has 2 aliphatic heterocycles. The third kappa shape index (κ3) is 3.91. The normalized spacial score (nSPS) is 24.8. The van der Waals surface area contributed by atoms with Gasteiger partial charge in [0.1, 0.15) is 6.04 Å². The predicted molar refractivity (Wildman–Crippen MR) is 100 cm³/mol. The number of likely N-dealkylation sites (tertiary alicyclic amines) is 1. The lowest BCUT2D eigenvalue weighted by Gasteiger charge is -2.41. The molecule has 6 heteroatoms. The molecule has 1 spiro atoms. The minimum absolute atomic E-state index is 0.100. The Bertz CT molecular complexity index is 614. The fourth-order valence-corrected chi connectivity index (χ4v) is 4.56. The number of nitrogens with one attached hydrogen (secondary N) is 1. The molecule has 1 unspecified atom stereocenters. The number of carbonyl (C=O) groups is 1. The topological polar surface area (TPSA) is 50.8 Å². The van der Waals surface area contributed by atoms with E-state index >= 15 is 0 Å². The van der Waals surface area contributed by atoms with E-state index in [0.29, 0.717) is 24.3 Å². The largest absolute Gasteiger partial charge is 0.352 e. The Morgan fingerprint density at radius 1 is 1.12 bits per heavy atom. The van der Waals surface area contributed by atoms with Crippen molar-refractivity contribution in [3.63, 3.8) is 0 Å². The number of ether oxygens (including phenoxy) is 2. The molecule has 1 saturated carbocycles. The van der Waals surface area contributed by atoms with E-state index in [1.165, 1.54) is 12.8 Å². The van der Waals surface area contributed by atoms with E-state index in [4.69, 9.17) is 21.1 Å². The first kappa shape index (κ1) is 18.2. The number of halogens is 1. The van der Waals surface area contributed by atoms with Gasteiger partial charge < -0.3 is 14.8 Å². The molecule has 4 rings (SSSR count). The monoisotopic (exact) mass is 378 g/mol. The van der Waals surface area contributed by atoms with Gasteiger partial charge >= 0.3 is 0 Å². The van der Waals surface area contributed by atoms with Crippen LogP contribution in [0.25, 0.3) is 0 Å². The van der Waals surface area contributed by atoms with Crippen LogP contribution in [0.4, 0.5) is 0 Å². The Kier molecular flexibility index (Phi) is 5.50. The second-order valence-electron chi connectivity index (χ2n) is 7.59. The van der Waals surface area contributed by atoms with Gasteiger partial charge in [0, 0.05) is 37.0 Å². The number of hydrogen-bond acceptors (Lipinski definition) is 4. The van der Waals surface area contributed by atoms with Crippen molar-refractivity contribution >= 4 is 17.5 Å². The number of carbonyl (C=O) groups excluding carboxylic acids is 1. The van der Waals surface area contributed by atoms with E-state index in [1.54, 1.807) is 0 Å². The molecule has 0 aromatic heterocycles. The van der Waals surface area contributed by atoms with Crippen LogP contribution in [-0.4, -0.2) is 48.9 Å². The summed E-state index contributed by atoms with van der Waals surface area (Å²) < 4.78 is 11.7. The molecule has 1 atom stereocenters.